The van der Waals surface area contributed by atoms with Crippen LogP contribution >= 0.6 is 0 Å². The van der Waals surface area contributed by atoms with Crippen LogP contribution < -0.4 is 5.69 Å². The second-order valence-corrected chi connectivity index (χ2v) is 4.96. The van der Waals surface area contributed by atoms with Crippen LogP contribution in [0.4, 0.5) is 0 Å². The van der Waals surface area contributed by atoms with Gasteiger partial charge in [-0.2, -0.15) is 0 Å². The second kappa shape index (κ2) is 6.49. The van der Waals surface area contributed by atoms with Gasteiger partial charge in [-0.15, -0.1) is 0 Å². The van der Waals surface area contributed by atoms with E-state index >= 15 is 0 Å². The molecule has 0 bridgehead atoms. The van der Waals surface area contributed by atoms with Crippen molar-refractivity contribution >= 4 is 11.9 Å². The highest BCUT2D eigenvalue weighted by Crippen LogP contribution is 2.07. The summed E-state index contributed by atoms with van der Waals surface area (Å²) < 4.78 is 1.26. The number of carbonyl (C=O) groups excluding carboxylic acids is 1. The Morgan fingerprint density at radius 3 is 2.57 bits per heavy atom. The topological polar surface area (TPSA) is 95.7 Å². The van der Waals surface area contributed by atoms with E-state index in [1.807, 2.05) is 4.90 Å². The molecule has 1 amide bonds. The molecule has 21 heavy (non-hydrogen) atoms. The third kappa shape index (κ3) is 3.66. The Kier molecular flexibility index (Phi) is 4.69. The molecule has 2 rings (SSSR count). The zero-order chi connectivity index (χ0) is 15.4. The highest BCUT2D eigenvalue weighted by Gasteiger charge is 2.27. The van der Waals surface area contributed by atoms with Gasteiger partial charge in [-0.3, -0.25) is 19.1 Å². The maximum absolute atomic E-state index is 12.1. The Morgan fingerprint density at radius 2 is 2.00 bits per heavy atom. The van der Waals surface area contributed by atoms with Crippen molar-refractivity contribution in [1.82, 2.24) is 19.4 Å². The van der Waals surface area contributed by atoms with E-state index in [1.54, 1.807) is 17.9 Å². The van der Waals surface area contributed by atoms with Gasteiger partial charge in [0.15, 0.2) is 0 Å². The fourth-order valence-electron chi connectivity index (χ4n) is 2.27. The van der Waals surface area contributed by atoms with Crippen molar-refractivity contribution in [1.29, 1.82) is 0 Å². The molecule has 1 N–H and O–H groups in total. The van der Waals surface area contributed by atoms with Crippen molar-refractivity contribution in [3.8, 4) is 0 Å². The predicted octanol–water partition coefficient (Wildman–Crippen LogP) is -1.14. The van der Waals surface area contributed by atoms with E-state index in [0.29, 0.717) is 26.2 Å². The Hall–Kier alpha value is -2.22. The fraction of sp³-hybridized carbons (Fsp3) is 0.538. The van der Waals surface area contributed by atoms with Crippen molar-refractivity contribution in [2.45, 2.75) is 19.5 Å². The van der Waals surface area contributed by atoms with Crippen LogP contribution in [0.1, 0.15) is 6.92 Å². The zero-order valence-corrected chi connectivity index (χ0v) is 11.8. The van der Waals surface area contributed by atoms with E-state index in [2.05, 4.69) is 4.98 Å². The van der Waals surface area contributed by atoms with Gasteiger partial charge < -0.3 is 10.0 Å². The molecule has 1 fully saturated rings. The second-order valence-electron chi connectivity index (χ2n) is 4.96. The van der Waals surface area contributed by atoms with Crippen LogP contribution in [0.3, 0.4) is 0 Å². The van der Waals surface area contributed by atoms with Crippen LogP contribution in [0.2, 0.25) is 0 Å². The van der Waals surface area contributed by atoms with Gasteiger partial charge >= 0.3 is 11.7 Å². The van der Waals surface area contributed by atoms with Crippen molar-refractivity contribution in [2.24, 2.45) is 0 Å². The van der Waals surface area contributed by atoms with Gasteiger partial charge in [-0.05, 0) is 13.0 Å². The molecule has 1 aromatic heterocycles. The quantitative estimate of drug-likeness (QED) is 0.754. The number of aliphatic carboxylic acids is 1. The van der Waals surface area contributed by atoms with Crippen LogP contribution in [0.25, 0.3) is 0 Å². The monoisotopic (exact) mass is 294 g/mol. The number of rotatable bonds is 4. The van der Waals surface area contributed by atoms with Crippen molar-refractivity contribution in [3.05, 3.63) is 28.9 Å². The minimum absolute atomic E-state index is 0.0405. The van der Waals surface area contributed by atoms with E-state index in [9.17, 15) is 14.4 Å². The lowest BCUT2D eigenvalue weighted by atomic mass is 10.2. The van der Waals surface area contributed by atoms with Crippen LogP contribution in [-0.4, -0.2) is 68.6 Å². The number of hydrogen-bond acceptors (Lipinski definition) is 5. The maximum Gasteiger partial charge on any atom is 0.347 e. The first-order chi connectivity index (χ1) is 9.99. The molecule has 2 heterocycles. The summed E-state index contributed by atoms with van der Waals surface area (Å²) in [7, 11) is 0. The molecule has 0 radical (unpaired) electrons. The van der Waals surface area contributed by atoms with Gasteiger partial charge in [0.2, 0.25) is 5.91 Å². The lowest BCUT2D eigenvalue weighted by Gasteiger charge is -2.36. The lowest BCUT2D eigenvalue weighted by Crippen LogP contribution is -2.53. The van der Waals surface area contributed by atoms with Gasteiger partial charge in [-0.25, -0.2) is 9.78 Å². The number of carbonyl (C=O) groups is 2. The summed E-state index contributed by atoms with van der Waals surface area (Å²) in [6, 6.07) is 1.05. The van der Waals surface area contributed by atoms with Crippen LogP contribution in [0, 0.1) is 0 Å². The molecule has 1 aliphatic heterocycles. The first kappa shape index (κ1) is 15.2. The number of hydrogen-bond donors (Lipinski definition) is 1. The molecule has 8 heteroatoms. The summed E-state index contributed by atoms with van der Waals surface area (Å²) >= 11 is 0. The van der Waals surface area contributed by atoms with E-state index in [0.717, 1.165) is 0 Å². The standard InChI is InChI=1S/C13H18N4O4/c1-10(12(19)20)15-5-7-16(8-6-15)11(18)9-17-4-2-3-14-13(17)21/h2-4,10H,5-9H2,1H3,(H,19,20). The summed E-state index contributed by atoms with van der Waals surface area (Å²) in [6.45, 7) is 3.55. The summed E-state index contributed by atoms with van der Waals surface area (Å²) in [5.74, 6) is -1.02. The fourth-order valence-corrected chi connectivity index (χ4v) is 2.27. The molecule has 0 aromatic carbocycles. The Morgan fingerprint density at radius 1 is 1.33 bits per heavy atom. The number of carboxylic acid groups (broad SMARTS) is 1. The molecule has 1 aliphatic rings. The van der Waals surface area contributed by atoms with E-state index in [-0.39, 0.29) is 12.5 Å². The average Bonchev–Trinajstić information content (AvgIpc) is 2.49. The molecule has 1 atom stereocenters. The third-order valence-electron chi connectivity index (χ3n) is 3.66. The number of amides is 1. The summed E-state index contributed by atoms with van der Waals surface area (Å²) in [5, 5.41) is 8.97. The molecule has 0 aliphatic carbocycles. The summed E-state index contributed by atoms with van der Waals surface area (Å²) in [6.07, 6.45) is 2.91. The van der Waals surface area contributed by atoms with Crippen LogP contribution in [0.15, 0.2) is 23.3 Å². The first-order valence-corrected chi connectivity index (χ1v) is 6.75. The predicted molar refractivity (Wildman–Crippen MR) is 73.7 cm³/mol. The number of aromatic nitrogens is 2. The molecule has 1 aromatic rings. The van der Waals surface area contributed by atoms with Gasteiger partial charge in [0.1, 0.15) is 12.6 Å². The maximum atomic E-state index is 12.1. The van der Waals surface area contributed by atoms with Gasteiger partial charge in [0.05, 0.1) is 0 Å². The Bertz CT molecular complexity index is 578. The molecule has 114 valence electrons. The first-order valence-electron chi connectivity index (χ1n) is 6.75. The highest BCUT2D eigenvalue weighted by molar-refractivity contribution is 5.76. The Labute approximate surface area is 121 Å². The van der Waals surface area contributed by atoms with Gasteiger partial charge in [0.25, 0.3) is 0 Å². The molecular weight excluding hydrogens is 276 g/mol. The highest BCUT2D eigenvalue weighted by atomic mass is 16.4. The van der Waals surface area contributed by atoms with E-state index < -0.39 is 17.7 Å². The van der Waals surface area contributed by atoms with Crippen molar-refractivity contribution < 1.29 is 14.7 Å². The Balaban J connectivity index is 1.90. The lowest BCUT2D eigenvalue weighted by molar-refractivity contribution is -0.144. The largest absolute Gasteiger partial charge is 0.480 e. The van der Waals surface area contributed by atoms with Crippen molar-refractivity contribution in [3.63, 3.8) is 0 Å². The molecule has 0 saturated carbocycles. The van der Waals surface area contributed by atoms with Crippen LogP contribution in [-0.2, 0) is 16.1 Å². The number of nitrogens with zero attached hydrogens (tertiary/aromatic N) is 4. The molecule has 0 spiro atoms. The molecular formula is C13H18N4O4. The minimum Gasteiger partial charge on any atom is -0.480 e. The van der Waals surface area contributed by atoms with E-state index in [1.165, 1.54) is 17.0 Å². The van der Waals surface area contributed by atoms with Gasteiger partial charge in [-0.1, -0.05) is 0 Å². The SMILES string of the molecule is CC(C(=O)O)N1CCN(C(=O)Cn2cccnc2=O)CC1. The number of carboxylic acids is 1. The smallest absolute Gasteiger partial charge is 0.347 e. The van der Waals surface area contributed by atoms with Crippen molar-refractivity contribution in [2.75, 3.05) is 26.2 Å². The summed E-state index contributed by atoms with van der Waals surface area (Å²) in [4.78, 5) is 41.6. The van der Waals surface area contributed by atoms with Crippen LogP contribution in [0.5, 0.6) is 0 Å². The molecule has 1 saturated heterocycles. The average molecular weight is 294 g/mol. The molecule has 1 unspecified atom stereocenters. The minimum atomic E-state index is -0.864. The van der Waals surface area contributed by atoms with Gasteiger partial charge in [0, 0.05) is 38.6 Å². The summed E-state index contributed by atoms with van der Waals surface area (Å²) in [5.41, 5.74) is -0.455. The zero-order valence-electron chi connectivity index (χ0n) is 11.8. The number of piperazine rings is 1. The van der Waals surface area contributed by atoms with E-state index in [4.69, 9.17) is 5.11 Å². The molecule has 8 nitrogen and oxygen atoms in total. The third-order valence-corrected chi connectivity index (χ3v) is 3.66. The normalized spacial score (nSPS) is 17.5.